The molecule has 1 saturated carbocycles. The molecule has 0 saturated heterocycles. The van der Waals surface area contributed by atoms with Gasteiger partial charge < -0.3 is 9.47 Å². The van der Waals surface area contributed by atoms with Crippen LogP contribution >= 0.6 is 0 Å². The minimum absolute atomic E-state index is 0.00876. The van der Waals surface area contributed by atoms with Gasteiger partial charge in [-0.2, -0.15) is 0 Å². The van der Waals surface area contributed by atoms with E-state index in [2.05, 4.69) is 40.7 Å². The van der Waals surface area contributed by atoms with Crippen LogP contribution in [-0.2, 0) is 19.1 Å². The third kappa shape index (κ3) is 3.47. The zero-order valence-corrected chi connectivity index (χ0v) is 20.8. The summed E-state index contributed by atoms with van der Waals surface area (Å²) in [5.41, 5.74) is 4.20. The first kappa shape index (κ1) is 22.7. The molecule has 4 nitrogen and oxygen atoms in total. The number of cyclic esters (lactones) is 2. The summed E-state index contributed by atoms with van der Waals surface area (Å²) in [7, 11) is 0. The van der Waals surface area contributed by atoms with Crippen molar-refractivity contribution in [2.24, 2.45) is 28.6 Å². The Morgan fingerprint density at radius 2 is 1.76 bits per heavy atom. The van der Waals surface area contributed by atoms with Gasteiger partial charge in [0.05, 0.1) is 0 Å². The largest absolute Gasteiger partial charge is 0.459 e. The van der Waals surface area contributed by atoms with Crippen molar-refractivity contribution in [3.05, 3.63) is 47.1 Å². The predicted octanol–water partition coefficient (Wildman–Crippen LogP) is 6.24. The quantitative estimate of drug-likeness (QED) is 0.468. The molecule has 5 rings (SSSR count). The van der Waals surface area contributed by atoms with Crippen molar-refractivity contribution >= 4 is 11.9 Å². The average Bonchev–Trinajstić information content (AvgIpc) is 2.87. The van der Waals surface area contributed by atoms with Crippen molar-refractivity contribution in [1.82, 2.24) is 0 Å². The maximum atomic E-state index is 12.1. The fourth-order valence-corrected chi connectivity index (χ4v) is 8.07. The highest BCUT2D eigenvalue weighted by atomic mass is 16.6. The van der Waals surface area contributed by atoms with Gasteiger partial charge in [-0.25, -0.2) is 9.59 Å². The van der Waals surface area contributed by atoms with E-state index in [1.165, 1.54) is 24.0 Å². The molecule has 33 heavy (non-hydrogen) atoms. The molecule has 0 aromatic heterocycles. The van der Waals surface area contributed by atoms with Crippen molar-refractivity contribution in [2.45, 2.75) is 91.3 Å². The van der Waals surface area contributed by atoms with Gasteiger partial charge in [-0.15, -0.1) is 0 Å². The van der Waals surface area contributed by atoms with E-state index in [4.69, 9.17) is 9.47 Å². The van der Waals surface area contributed by atoms with Crippen molar-refractivity contribution in [3.8, 4) is 0 Å². The van der Waals surface area contributed by atoms with Crippen molar-refractivity contribution in [3.63, 3.8) is 0 Å². The Morgan fingerprint density at radius 3 is 2.52 bits per heavy atom. The van der Waals surface area contributed by atoms with Crippen LogP contribution in [0.1, 0.15) is 79.6 Å². The molecule has 0 radical (unpaired) electrons. The number of carbonyl (C=O) groups excluding carboxylic acids is 2. The Hall–Kier alpha value is -2.10. The van der Waals surface area contributed by atoms with Gasteiger partial charge in [-0.05, 0) is 86.2 Å². The van der Waals surface area contributed by atoms with Gasteiger partial charge in [0.15, 0.2) is 0 Å². The second-order valence-corrected chi connectivity index (χ2v) is 12.0. The van der Waals surface area contributed by atoms with E-state index < -0.39 is 5.60 Å². The lowest BCUT2D eigenvalue weighted by Gasteiger charge is -2.52. The molecule has 0 aromatic rings. The fourth-order valence-electron chi connectivity index (χ4n) is 8.07. The molecular formula is C29H38O4. The third-order valence-corrected chi connectivity index (χ3v) is 10.2. The number of rotatable bonds is 2. The van der Waals surface area contributed by atoms with Crippen LogP contribution < -0.4 is 0 Å². The van der Waals surface area contributed by atoms with Crippen LogP contribution in [0.25, 0.3) is 0 Å². The highest BCUT2D eigenvalue weighted by molar-refractivity contribution is 5.84. The normalized spacial score (nSPS) is 40.5. The number of ether oxygens (including phenoxy) is 2. The lowest BCUT2D eigenvalue weighted by atomic mass is 9.52. The maximum absolute atomic E-state index is 12.1. The first-order valence-corrected chi connectivity index (χ1v) is 12.8. The molecule has 0 aromatic carbocycles. The van der Waals surface area contributed by atoms with Crippen LogP contribution in [-0.4, -0.2) is 23.6 Å². The van der Waals surface area contributed by atoms with Crippen molar-refractivity contribution in [2.75, 3.05) is 0 Å². The molecule has 6 atom stereocenters. The predicted molar refractivity (Wildman–Crippen MR) is 128 cm³/mol. The molecule has 2 aliphatic heterocycles. The summed E-state index contributed by atoms with van der Waals surface area (Å²) < 4.78 is 11.6. The van der Waals surface area contributed by atoms with E-state index in [1.807, 2.05) is 12.2 Å². The monoisotopic (exact) mass is 450 g/mol. The van der Waals surface area contributed by atoms with E-state index in [-0.39, 0.29) is 34.8 Å². The Kier molecular flexibility index (Phi) is 5.30. The van der Waals surface area contributed by atoms with Gasteiger partial charge in [-0.3, -0.25) is 0 Å². The summed E-state index contributed by atoms with van der Waals surface area (Å²) in [5, 5.41) is 0. The van der Waals surface area contributed by atoms with Crippen molar-refractivity contribution < 1.29 is 19.1 Å². The molecule has 3 aliphatic carbocycles. The van der Waals surface area contributed by atoms with Crippen LogP contribution in [0.2, 0.25) is 0 Å². The smallest absolute Gasteiger partial charge is 0.331 e. The van der Waals surface area contributed by atoms with E-state index in [0.29, 0.717) is 11.8 Å². The summed E-state index contributed by atoms with van der Waals surface area (Å²) in [6.07, 6.45) is 17.0. The van der Waals surface area contributed by atoms with Gasteiger partial charge >= 0.3 is 11.9 Å². The first-order valence-electron chi connectivity index (χ1n) is 12.8. The number of hydrogen-bond donors (Lipinski definition) is 0. The molecule has 5 aliphatic rings. The number of allylic oxidation sites excluding steroid dienone is 4. The highest BCUT2D eigenvalue weighted by Gasteiger charge is 2.60. The second kappa shape index (κ2) is 7.71. The SMILES string of the molecule is C[C@@H]([C@H]1CC[C@@]2(C)C3=C(C=C4C=CC(=O)OC(C)(C)[C@@H]4CC3)CC[C@]12C)[C@H]1CC=CC(=O)O1. The molecule has 0 unspecified atom stereocenters. The summed E-state index contributed by atoms with van der Waals surface area (Å²) in [5.74, 6) is 0.675. The van der Waals surface area contributed by atoms with E-state index >= 15 is 0 Å². The zero-order valence-electron chi connectivity index (χ0n) is 20.8. The van der Waals surface area contributed by atoms with Gasteiger partial charge in [0.2, 0.25) is 0 Å². The van der Waals surface area contributed by atoms with E-state index in [0.717, 1.165) is 32.1 Å². The molecule has 178 valence electrons. The van der Waals surface area contributed by atoms with Gasteiger partial charge in [0, 0.05) is 24.5 Å². The summed E-state index contributed by atoms with van der Waals surface area (Å²) in [4.78, 5) is 24.0. The second-order valence-electron chi connectivity index (χ2n) is 12.0. The summed E-state index contributed by atoms with van der Waals surface area (Å²) in [6, 6.07) is 0. The lowest BCUT2D eigenvalue weighted by Crippen LogP contribution is -2.45. The number of carbonyl (C=O) groups is 2. The number of fused-ring (bicyclic) bond motifs is 3. The minimum atomic E-state index is -0.504. The molecule has 0 spiro atoms. The van der Waals surface area contributed by atoms with Crippen LogP contribution in [0.4, 0.5) is 0 Å². The first-order chi connectivity index (χ1) is 15.5. The molecule has 0 bridgehead atoms. The summed E-state index contributed by atoms with van der Waals surface area (Å²) >= 11 is 0. The van der Waals surface area contributed by atoms with Gasteiger partial charge in [-0.1, -0.05) is 44.6 Å². The Labute approximate surface area is 198 Å². The Balaban J connectivity index is 1.48. The topological polar surface area (TPSA) is 52.6 Å². The molecule has 0 N–H and O–H groups in total. The van der Waals surface area contributed by atoms with E-state index in [9.17, 15) is 9.59 Å². The standard InChI is InChI=1S/C29H38O4/c1-18(24-7-6-8-25(30)32-24)21-14-16-29(5)23-11-10-22-19(9-12-26(31)33-27(22,2)3)17-20(23)13-15-28(21,29)4/h6,8-9,12,17-18,21-22,24H,7,10-11,13-16H2,1-5H3/t18-,21+,22+,24+,28+,29-/m0/s1. The maximum Gasteiger partial charge on any atom is 0.331 e. The van der Waals surface area contributed by atoms with E-state index in [1.54, 1.807) is 17.7 Å². The molecular weight excluding hydrogens is 412 g/mol. The highest BCUT2D eigenvalue weighted by Crippen LogP contribution is 2.68. The Morgan fingerprint density at radius 1 is 0.970 bits per heavy atom. The van der Waals surface area contributed by atoms with Crippen LogP contribution in [0.15, 0.2) is 47.1 Å². The molecule has 0 amide bonds. The zero-order chi connectivity index (χ0) is 23.6. The Bertz CT molecular complexity index is 995. The van der Waals surface area contributed by atoms with Gasteiger partial charge in [0.25, 0.3) is 0 Å². The van der Waals surface area contributed by atoms with Crippen LogP contribution in [0.3, 0.4) is 0 Å². The molecule has 1 fully saturated rings. The minimum Gasteiger partial charge on any atom is -0.459 e. The third-order valence-electron chi connectivity index (χ3n) is 10.2. The lowest BCUT2D eigenvalue weighted by molar-refractivity contribution is -0.153. The van der Waals surface area contributed by atoms with Crippen LogP contribution in [0.5, 0.6) is 0 Å². The molecule has 4 heteroatoms. The number of esters is 2. The van der Waals surface area contributed by atoms with Gasteiger partial charge in [0.1, 0.15) is 11.7 Å². The van der Waals surface area contributed by atoms with Crippen LogP contribution in [0, 0.1) is 28.6 Å². The summed E-state index contributed by atoms with van der Waals surface area (Å²) in [6.45, 7) is 11.4. The average molecular weight is 451 g/mol. The molecule has 2 heterocycles. The fraction of sp³-hybridized carbons (Fsp3) is 0.655. The van der Waals surface area contributed by atoms with Crippen molar-refractivity contribution in [1.29, 1.82) is 0 Å². The number of hydrogen-bond acceptors (Lipinski definition) is 4.